The third-order valence-electron chi connectivity index (χ3n) is 3.82. The fourth-order valence-corrected chi connectivity index (χ4v) is 2.27. The molecule has 9 heteroatoms. The monoisotopic (exact) mass is 383 g/mol. The highest BCUT2D eigenvalue weighted by Crippen LogP contribution is 2.29. The zero-order valence-electron chi connectivity index (χ0n) is 15.6. The zero-order chi connectivity index (χ0) is 19.9. The lowest BCUT2D eigenvalue weighted by atomic mass is 10.1. The van der Waals surface area contributed by atoms with E-state index in [2.05, 4.69) is 25.8 Å². The fraction of sp³-hybridized carbons (Fsp3) is 0.500. The van der Waals surface area contributed by atoms with Crippen LogP contribution < -0.4 is 10.6 Å². The summed E-state index contributed by atoms with van der Waals surface area (Å²) in [5.74, 6) is 2.11. The van der Waals surface area contributed by atoms with Crippen LogP contribution in [-0.4, -0.2) is 29.7 Å². The van der Waals surface area contributed by atoms with Crippen LogP contribution in [0.3, 0.4) is 0 Å². The summed E-state index contributed by atoms with van der Waals surface area (Å²) in [5.41, 5.74) is 0.0773. The summed E-state index contributed by atoms with van der Waals surface area (Å²) in [6.07, 6.45) is -2.89. The smallest absolute Gasteiger partial charge is 0.356 e. The molecular formula is C18H24F3N5O. The van der Waals surface area contributed by atoms with E-state index < -0.39 is 11.7 Å². The van der Waals surface area contributed by atoms with Crippen molar-refractivity contribution in [3.05, 3.63) is 47.1 Å². The molecule has 0 saturated heterocycles. The van der Waals surface area contributed by atoms with Gasteiger partial charge in [-0.1, -0.05) is 31.1 Å². The Morgan fingerprint density at radius 1 is 1.19 bits per heavy atom. The Kier molecular flexibility index (Phi) is 7.20. The predicted octanol–water partition coefficient (Wildman–Crippen LogP) is 3.51. The first-order valence-electron chi connectivity index (χ1n) is 8.72. The van der Waals surface area contributed by atoms with E-state index in [0.717, 1.165) is 24.1 Å². The van der Waals surface area contributed by atoms with Gasteiger partial charge < -0.3 is 15.2 Å². The van der Waals surface area contributed by atoms with Gasteiger partial charge in [0, 0.05) is 32.5 Å². The van der Waals surface area contributed by atoms with Crippen molar-refractivity contribution in [2.75, 3.05) is 13.6 Å². The van der Waals surface area contributed by atoms with Crippen LogP contribution >= 0.6 is 0 Å². The second kappa shape index (κ2) is 9.38. The maximum Gasteiger partial charge on any atom is 0.416 e. The molecule has 0 spiro atoms. The molecule has 1 heterocycles. The van der Waals surface area contributed by atoms with Crippen LogP contribution in [-0.2, 0) is 19.1 Å². The molecule has 2 N–H and O–H groups in total. The normalized spacial score (nSPS) is 12.5. The van der Waals surface area contributed by atoms with Gasteiger partial charge in [0.2, 0.25) is 5.89 Å². The van der Waals surface area contributed by atoms with E-state index in [1.807, 2.05) is 13.8 Å². The minimum Gasteiger partial charge on any atom is -0.356 e. The molecule has 0 radical (unpaired) electrons. The van der Waals surface area contributed by atoms with Crippen molar-refractivity contribution in [2.45, 2.75) is 45.3 Å². The molecule has 0 fully saturated rings. The average molecular weight is 383 g/mol. The molecule has 0 aliphatic carbocycles. The van der Waals surface area contributed by atoms with E-state index in [4.69, 9.17) is 4.52 Å². The van der Waals surface area contributed by atoms with Crippen molar-refractivity contribution >= 4 is 5.96 Å². The van der Waals surface area contributed by atoms with E-state index >= 15 is 0 Å². The molecule has 148 valence electrons. The van der Waals surface area contributed by atoms with Crippen molar-refractivity contribution in [2.24, 2.45) is 4.99 Å². The van der Waals surface area contributed by atoms with Crippen LogP contribution in [0.4, 0.5) is 13.2 Å². The van der Waals surface area contributed by atoms with Gasteiger partial charge in [-0.2, -0.15) is 18.2 Å². The van der Waals surface area contributed by atoms with Gasteiger partial charge in [0.05, 0.1) is 5.56 Å². The van der Waals surface area contributed by atoms with Gasteiger partial charge >= 0.3 is 6.18 Å². The van der Waals surface area contributed by atoms with E-state index in [1.165, 1.54) is 12.1 Å². The third kappa shape index (κ3) is 6.58. The molecule has 1 aromatic heterocycles. The molecule has 0 saturated carbocycles. The summed E-state index contributed by atoms with van der Waals surface area (Å²) in [4.78, 5) is 8.41. The summed E-state index contributed by atoms with van der Waals surface area (Å²) in [6.45, 7) is 5.02. The van der Waals surface area contributed by atoms with Gasteiger partial charge in [-0.25, -0.2) is 0 Å². The summed E-state index contributed by atoms with van der Waals surface area (Å²) in [5, 5.41) is 10.1. The molecule has 2 rings (SSSR count). The summed E-state index contributed by atoms with van der Waals surface area (Å²) >= 11 is 0. The summed E-state index contributed by atoms with van der Waals surface area (Å²) in [6, 6.07) is 5.04. The SMILES string of the molecule is CN=C(NCCCc1nc(C(C)C)no1)NCc1ccc(C(F)(F)F)cc1. The Morgan fingerprint density at radius 2 is 1.89 bits per heavy atom. The number of hydrogen-bond donors (Lipinski definition) is 2. The molecule has 0 bridgehead atoms. The number of guanidine groups is 1. The number of benzene rings is 1. The largest absolute Gasteiger partial charge is 0.416 e. The van der Waals surface area contributed by atoms with Crippen molar-refractivity contribution in [1.82, 2.24) is 20.8 Å². The summed E-state index contributed by atoms with van der Waals surface area (Å²) < 4.78 is 42.9. The number of aliphatic imine (C=N–C) groups is 1. The van der Waals surface area contributed by atoms with Crippen LogP contribution in [0.25, 0.3) is 0 Å². The molecule has 0 aliphatic heterocycles. The third-order valence-corrected chi connectivity index (χ3v) is 3.82. The van der Waals surface area contributed by atoms with Gasteiger partial charge in [-0.05, 0) is 24.1 Å². The van der Waals surface area contributed by atoms with Crippen LogP contribution in [0, 0.1) is 0 Å². The molecule has 0 amide bonds. The fourth-order valence-electron chi connectivity index (χ4n) is 2.27. The molecule has 27 heavy (non-hydrogen) atoms. The Labute approximate surface area is 156 Å². The molecule has 0 atom stereocenters. The average Bonchev–Trinajstić information content (AvgIpc) is 3.10. The van der Waals surface area contributed by atoms with Crippen molar-refractivity contribution in [1.29, 1.82) is 0 Å². The van der Waals surface area contributed by atoms with Crippen LogP contribution in [0.1, 0.15) is 49.0 Å². The molecule has 1 aromatic carbocycles. The van der Waals surface area contributed by atoms with Crippen molar-refractivity contribution < 1.29 is 17.7 Å². The highest BCUT2D eigenvalue weighted by molar-refractivity contribution is 5.79. The van der Waals surface area contributed by atoms with Gasteiger partial charge in [-0.15, -0.1) is 0 Å². The maximum absolute atomic E-state index is 12.6. The van der Waals surface area contributed by atoms with Gasteiger partial charge in [-0.3, -0.25) is 4.99 Å². The van der Waals surface area contributed by atoms with Crippen LogP contribution in [0.15, 0.2) is 33.8 Å². The molecule has 0 unspecified atom stereocenters. The Hall–Kier alpha value is -2.58. The number of alkyl halides is 3. The number of hydrogen-bond acceptors (Lipinski definition) is 4. The van der Waals surface area contributed by atoms with Gasteiger partial charge in [0.15, 0.2) is 11.8 Å². The van der Waals surface area contributed by atoms with Crippen LogP contribution in [0.2, 0.25) is 0 Å². The first kappa shape index (κ1) is 20.7. The van der Waals surface area contributed by atoms with E-state index in [0.29, 0.717) is 37.2 Å². The van der Waals surface area contributed by atoms with Crippen molar-refractivity contribution in [3.8, 4) is 0 Å². The van der Waals surface area contributed by atoms with Gasteiger partial charge in [0.25, 0.3) is 0 Å². The first-order valence-corrected chi connectivity index (χ1v) is 8.72. The molecule has 2 aromatic rings. The van der Waals surface area contributed by atoms with E-state index in [9.17, 15) is 13.2 Å². The van der Waals surface area contributed by atoms with Gasteiger partial charge in [0.1, 0.15) is 0 Å². The number of halogens is 3. The lowest BCUT2D eigenvalue weighted by molar-refractivity contribution is -0.137. The summed E-state index contributed by atoms with van der Waals surface area (Å²) in [7, 11) is 1.63. The number of nitrogens with zero attached hydrogens (tertiary/aromatic N) is 3. The first-order chi connectivity index (χ1) is 12.8. The molecular weight excluding hydrogens is 359 g/mol. The molecule has 6 nitrogen and oxygen atoms in total. The minimum atomic E-state index is -4.32. The standard InChI is InChI=1S/C18H24F3N5O/c1-12(2)16-25-15(27-26-16)5-4-10-23-17(22-3)24-11-13-6-8-14(9-7-13)18(19,20)21/h6-9,12H,4-5,10-11H2,1-3H3,(H2,22,23,24). The lowest BCUT2D eigenvalue weighted by Gasteiger charge is -2.12. The van der Waals surface area contributed by atoms with E-state index in [1.54, 1.807) is 7.05 Å². The Bertz CT molecular complexity index is 738. The zero-order valence-corrected chi connectivity index (χ0v) is 15.6. The number of rotatable bonds is 7. The second-order valence-electron chi connectivity index (χ2n) is 6.35. The number of aromatic nitrogens is 2. The van der Waals surface area contributed by atoms with E-state index in [-0.39, 0.29) is 5.92 Å². The lowest BCUT2D eigenvalue weighted by Crippen LogP contribution is -2.37. The van der Waals surface area contributed by atoms with Crippen molar-refractivity contribution in [3.63, 3.8) is 0 Å². The van der Waals surface area contributed by atoms with Crippen LogP contribution in [0.5, 0.6) is 0 Å². The topological polar surface area (TPSA) is 75.3 Å². The number of nitrogens with one attached hydrogen (secondary N) is 2. The molecule has 0 aliphatic rings. The Morgan fingerprint density at radius 3 is 2.44 bits per heavy atom. The Balaban J connectivity index is 1.72. The maximum atomic E-state index is 12.6. The quantitative estimate of drug-likeness (QED) is 0.435. The highest BCUT2D eigenvalue weighted by atomic mass is 19.4. The second-order valence-corrected chi connectivity index (χ2v) is 6.35. The number of aryl methyl sites for hydroxylation is 1. The highest BCUT2D eigenvalue weighted by Gasteiger charge is 2.29. The minimum absolute atomic E-state index is 0.230. The predicted molar refractivity (Wildman–Crippen MR) is 96.4 cm³/mol.